The Kier molecular flexibility index (Phi) is 7.51. The molecular weight excluding hydrogens is 522 g/mol. The maximum atomic E-state index is 13.1. The van der Waals surface area contributed by atoms with Crippen molar-refractivity contribution in [3.05, 3.63) is 35.7 Å². The molecule has 0 unspecified atom stereocenters. The molecule has 0 aliphatic carbocycles. The van der Waals surface area contributed by atoms with E-state index in [2.05, 4.69) is 19.4 Å². The second-order valence-electron chi connectivity index (χ2n) is 6.73. The van der Waals surface area contributed by atoms with Crippen LogP contribution < -0.4 is 9.47 Å². The van der Waals surface area contributed by atoms with Gasteiger partial charge in [-0.25, -0.2) is 26.8 Å². The van der Waals surface area contributed by atoms with Crippen molar-refractivity contribution in [3.63, 3.8) is 0 Å². The van der Waals surface area contributed by atoms with Crippen LogP contribution in [0.15, 0.2) is 34.3 Å². The van der Waals surface area contributed by atoms with Gasteiger partial charge in [-0.15, -0.1) is 0 Å². The molecule has 0 N–H and O–H groups in total. The molecule has 188 valence electrons. The van der Waals surface area contributed by atoms with Crippen molar-refractivity contribution in [1.29, 1.82) is 0 Å². The highest BCUT2D eigenvalue weighted by Crippen LogP contribution is 2.30. The number of ether oxygens (including phenoxy) is 2. The molecule has 17 heteroatoms. The van der Waals surface area contributed by atoms with E-state index >= 15 is 0 Å². The number of hydrogen-bond acceptors (Lipinski definition) is 9. The number of halogens is 6. The van der Waals surface area contributed by atoms with Gasteiger partial charge >= 0.3 is 12.4 Å². The zero-order chi connectivity index (χ0) is 26.1. The highest BCUT2D eigenvalue weighted by Gasteiger charge is 2.33. The Hall–Kier alpha value is -2.95. The molecule has 0 radical (unpaired) electrons. The van der Waals surface area contributed by atoms with Crippen molar-refractivity contribution in [3.8, 4) is 11.8 Å². The molecule has 2 aromatic heterocycles. The maximum Gasteiger partial charge on any atom is 0.422 e. The first-order valence-corrected chi connectivity index (χ1v) is 12.4. The molecule has 0 saturated heterocycles. The number of hydrogen-bond donors (Lipinski definition) is 0. The van der Waals surface area contributed by atoms with Gasteiger partial charge in [-0.1, -0.05) is 0 Å². The first-order chi connectivity index (χ1) is 15.3. The summed E-state index contributed by atoms with van der Waals surface area (Å²) in [6, 6.07) is 1.16. The summed E-state index contributed by atoms with van der Waals surface area (Å²) in [4.78, 5) is 18.6. The summed E-state index contributed by atoms with van der Waals surface area (Å²) in [5, 5.41) is 0. The maximum absolute atomic E-state index is 13.1. The van der Waals surface area contributed by atoms with E-state index in [4.69, 9.17) is 0 Å². The lowest BCUT2D eigenvalue weighted by Gasteiger charge is -2.15. The van der Waals surface area contributed by atoms with Gasteiger partial charge < -0.3 is 9.47 Å². The van der Waals surface area contributed by atoms with E-state index in [1.165, 1.54) is 0 Å². The van der Waals surface area contributed by atoms with Gasteiger partial charge in [-0.05, 0) is 12.1 Å². The van der Waals surface area contributed by atoms with Crippen LogP contribution >= 0.6 is 0 Å². The minimum atomic E-state index is -4.89. The third-order valence-electron chi connectivity index (χ3n) is 3.74. The van der Waals surface area contributed by atoms with E-state index in [-0.39, 0.29) is 0 Å². The van der Waals surface area contributed by atoms with Crippen molar-refractivity contribution in [1.82, 2.24) is 9.97 Å². The second kappa shape index (κ2) is 9.36. The summed E-state index contributed by atoms with van der Waals surface area (Å²) in [5.41, 5.74) is -1.84. The van der Waals surface area contributed by atoms with Gasteiger partial charge in [-0.2, -0.15) is 26.3 Å². The summed E-state index contributed by atoms with van der Waals surface area (Å²) in [5.74, 6) is -3.48. The smallest absolute Gasteiger partial charge is 0.422 e. The standard InChI is InChI=1S/C17H14F6N2O7S2/c1-33(27,28)9-3-11(14(24-5-9)31-7-16(18,19)20)13(26)12-4-10(34(2,29)30)6-25-15(12)32-8-17(21,22)23/h3-6H,7-8H2,1-2H3. The predicted molar refractivity (Wildman–Crippen MR) is 101 cm³/mol. The summed E-state index contributed by atoms with van der Waals surface area (Å²) >= 11 is 0. The molecule has 0 atom stereocenters. The number of nitrogens with zero attached hydrogens (tertiary/aromatic N) is 2. The Balaban J connectivity index is 2.71. The zero-order valence-corrected chi connectivity index (χ0v) is 18.7. The van der Waals surface area contributed by atoms with Crippen LogP contribution in [0, 0.1) is 0 Å². The number of alkyl halides is 6. The Morgan fingerprint density at radius 1 is 0.765 bits per heavy atom. The highest BCUT2D eigenvalue weighted by atomic mass is 32.2. The van der Waals surface area contributed by atoms with Crippen LogP contribution in [0.3, 0.4) is 0 Å². The number of aromatic nitrogens is 2. The molecule has 2 rings (SSSR count). The van der Waals surface area contributed by atoms with Crippen LogP contribution in [0.25, 0.3) is 0 Å². The van der Waals surface area contributed by atoms with E-state index in [0.29, 0.717) is 37.0 Å². The third-order valence-corrected chi connectivity index (χ3v) is 5.90. The normalized spacial score (nSPS) is 12.9. The molecule has 0 fully saturated rings. The molecule has 2 aromatic rings. The average molecular weight is 536 g/mol. The number of carbonyl (C=O) groups excluding carboxylic acids is 1. The molecule has 2 heterocycles. The summed E-state index contributed by atoms with van der Waals surface area (Å²) in [7, 11) is -8.11. The summed E-state index contributed by atoms with van der Waals surface area (Å²) in [6.45, 7) is -3.89. The predicted octanol–water partition coefficient (Wildman–Crippen LogP) is 2.40. The van der Waals surface area contributed by atoms with Crippen molar-refractivity contribution in [2.75, 3.05) is 25.7 Å². The van der Waals surface area contributed by atoms with Crippen LogP contribution in [0.2, 0.25) is 0 Å². The van der Waals surface area contributed by atoms with E-state index in [1.54, 1.807) is 0 Å². The lowest BCUT2D eigenvalue weighted by atomic mass is 10.1. The van der Waals surface area contributed by atoms with Gasteiger partial charge in [0.1, 0.15) is 0 Å². The fraction of sp³-hybridized carbons (Fsp3) is 0.353. The molecule has 9 nitrogen and oxygen atoms in total. The minimum absolute atomic E-state index is 0.580. The number of pyridine rings is 2. The average Bonchev–Trinajstić information content (AvgIpc) is 2.67. The molecule has 0 bridgehead atoms. The monoisotopic (exact) mass is 536 g/mol. The number of rotatable bonds is 8. The number of ketones is 1. The minimum Gasteiger partial charge on any atom is -0.467 e. The zero-order valence-electron chi connectivity index (χ0n) is 17.1. The fourth-order valence-corrected chi connectivity index (χ4v) is 3.42. The molecule has 0 aliphatic rings. The van der Waals surface area contributed by atoms with Gasteiger partial charge in [0.15, 0.2) is 32.9 Å². The first kappa shape index (κ1) is 27.3. The summed E-state index contributed by atoms with van der Waals surface area (Å²) < 4.78 is 132. The topological polar surface area (TPSA) is 130 Å². The fourth-order valence-electron chi connectivity index (χ4n) is 2.27. The van der Waals surface area contributed by atoms with Crippen molar-refractivity contribution in [2.45, 2.75) is 22.1 Å². The molecule has 0 aromatic carbocycles. The molecule has 34 heavy (non-hydrogen) atoms. The largest absolute Gasteiger partial charge is 0.467 e. The lowest BCUT2D eigenvalue weighted by molar-refractivity contribution is -0.154. The van der Waals surface area contributed by atoms with E-state index in [1.807, 2.05) is 0 Å². The number of sulfone groups is 2. The van der Waals surface area contributed by atoms with Gasteiger partial charge in [0.25, 0.3) is 0 Å². The first-order valence-electron chi connectivity index (χ1n) is 8.62. The third kappa shape index (κ3) is 7.54. The van der Waals surface area contributed by atoms with Gasteiger partial charge in [0, 0.05) is 24.9 Å². The molecule has 0 spiro atoms. The van der Waals surface area contributed by atoms with Crippen LogP contribution in [-0.2, 0) is 19.7 Å². The van der Waals surface area contributed by atoms with Crippen molar-refractivity contribution < 1.29 is 57.4 Å². The Labute approximate surface area is 188 Å². The SMILES string of the molecule is CS(=O)(=O)c1cnc(OCC(F)(F)F)c(C(=O)c2cc(S(C)(=O)=O)cnc2OCC(F)(F)F)c1. The number of carbonyl (C=O) groups is 1. The Morgan fingerprint density at radius 3 is 1.35 bits per heavy atom. The lowest BCUT2D eigenvalue weighted by Crippen LogP contribution is -2.22. The Morgan fingerprint density at radius 2 is 1.09 bits per heavy atom. The van der Waals surface area contributed by atoms with Gasteiger partial charge in [0.2, 0.25) is 17.5 Å². The van der Waals surface area contributed by atoms with Crippen LogP contribution in [0.5, 0.6) is 11.8 Å². The Bertz CT molecular complexity index is 1210. The van der Waals surface area contributed by atoms with Crippen LogP contribution in [0.4, 0.5) is 26.3 Å². The van der Waals surface area contributed by atoms with Crippen molar-refractivity contribution >= 4 is 25.5 Å². The quantitative estimate of drug-likeness (QED) is 0.369. The molecule has 0 saturated carbocycles. The van der Waals surface area contributed by atoms with Crippen LogP contribution in [-0.4, -0.2) is 70.7 Å². The van der Waals surface area contributed by atoms with E-state index in [0.717, 1.165) is 0 Å². The molecule has 0 aliphatic heterocycles. The molecule has 0 amide bonds. The van der Waals surface area contributed by atoms with E-state index < -0.39 is 83.7 Å². The van der Waals surface area contributed by atoms with Gasteiger partial charge in [0.05, 0.1) is 20.9 Å². The summed E-state index contributed by atoms with van der Waals surface area (Å²) in [6.07, 6.45) is -7.20. The van der Waals surface area contributed by atoms with E-state index in [9.17, 15) is 48.0 Å². The van der Waals surface area contributed by atoms with Gasteiger partial charge in [-0.3, -0.25) is 4.79 Å². The molecular formula is C17H14F6N2O7S2. The highest BCUT2D eigenvalue weighted by molar-refractivity contribution is 7.91. The van der Waals surface area contributed by atoms with Crippen LogP contribution in [0.1, 0.15) is 15.9 Å². The second-order valence-corrected chi connectivity index (χ2v) is 10.8. The van der Waals surface area contributed by atoms with Crippen molar-refractivity contribution in [2.24, 2.45) is 0 Å².